The molecule has 140 valence electrons. The molecule has 1 spiro atoms. The van der Waals surface area contributed by atoms with Gasteiger partial charge in [-0.1, -0.05) is 12.1 Å². The number of rotatable bonds is 1. The van der Waals surface area contributed by atoms with Crippen LogP contribution in [0, 0.1) is 17.5 Å². The van der Waals surface area contributed by atoms with Crippen LogP contribution in [-0.2, 0) is 0 Å². The molecule has 27 heavy (non-hydrogen) atoms. The third-order valence-corrected chi connectivity index (χ3v) is 5.22. The molecule has 0 atom stereocenters. The molecule has 2 aromatic carbocycles. The first-order valence-corrected chi connectivity index (χ1v) is 8.64. The summed E-state index contributed by atoms with van der Waals surface area (Å²) in [5.41, 5.74) is -0.657. The van der Waals surface area contributed by atoms with Gasteiger partial charge in [0.1, 0.15) is 11.4 Å². The summed E-state index contributed by atoms with van der Waals surface area (Å²) in [4.78, 5) is 26.3. The minimum Gasteiger partial charge on any atom is -0.486 e. The minimum atomic E-state index is -1.66. The fourth-order valence-corrected chi connectivity index (χ4v) is 3.70. The summed E-state index contributed by atoms with van der Waals surface area (Å²) in [6.45, 7) is 0.458. The van der Waals surface area contributed by atoms with E-state index in [9.17, 15) is 22.8 Å². The molecular weight excluding hydrogens is 359 g/mol. The lowest BCUT2D eigenvalue weighted by Crippen LogP contribution is -2.52. The van der Waals surface area contributed by atoms with Crippen LogP contribution < -0.4 is 4.74 Å². The number of likely N-dealkylation sites (tertiary alicyclic amines) is 1. The number of nitrogens with zero attached hydrogens (tertiary/aromatic N) is 1. The molecule has 0 saturated carbocycles. The Labute approximate surface area is 153 Å². The van der Waals surface area contributed by atoms with E-state index in [4.69, 9.17) is 4.74 Å². The van der Waals surface area contributed by atoms with E-state index in [0.717, 1.165) is 12.1 Å². The summed E-state index contributed by atoms with van der Waals surface area (Å²) >= 11 is 0. The van der Waals surface area contributed by atoms with E-state index in [1.54, 1.807) is 24.3 Å². The molecule has 0 radical (unpaired) electrons. The Bertz CT molecular complexity index is 936. The van der Waals surface area contributed by atoms with Gasteiger partial charge in [0.15, 0.2) is 23.2 Å². The zero-order chi connectivity index (χ0) is 19.2. The van der Waals surface area contributed by atoms with Crippen molar-refractivity contribution in [2.45, 2.75) is 24.9 Å². The molecular formula is C20H16F3NO3. The second-order valence-corrected chi connectivity index (χ2v) is 6.90. The molecule has 1 saturated heterocycles. The third-order valence-electron chi connectivity index (χ3n) is 5.22. The summed E-state index contributed by atoms with van der Waals surface area (Å²) in [6, 6.07) is 8.69. The number of benzene rings is 2. The van der Waals surface area contributed by atoms with Crippen molar-refractivity contribution in [2.75, 3.05) is 13.1 Å². The zero-order valence-corrected chi connectivity index (χ0v) is 14.3. The van der Waals surface area contributed by atoms with Gasteiger partial charge in [-0.3, -0.25) is 9.59 Å². The van der Waals surface area contributed by atoms with Gasteiger partial charge in [-0.05, 0) is 24.3 Å². The Hall–Kier alpha value is -2.83. The van der Waals surface area contributed by atoms with Crippen LogP contribution >= 0.6 is 0 Å². The molecule has 0 aromatic heterocycles. The Morgan fingerprint density at radius 3 is 2.44 bits per heavy atom. The highest BCUT2D eigenvalue weighted by molar-refractivity contribution is 6.00. The average Bonchev–Trinajstić information content (AvgIpc) is 2.66. The molecule has 7 heteroatoms. The van der Waals surface area contributed by atoms with Crippen LogP contribution in [0.15, 0.2) is 36.4 Å². The summed E-state index contributed by atoms with van der Waals surface area (Å²) in [5.74, 6) is -4.67. The Balaban J connectivity index is 1.51. The number of ether oxygens (including phenoxy) is 1. The molecule has 4 rings (SSSR count). The van der Waals surface area contributed by atoms with Crippen molar-refractivity contribution in [2.24, 2.45) is 0 Å². The number of carbonyl (C=O) groups excluding carboxylic acids is 2. The molecule has 2 heterocycles. The Morgan fingerprint density at radius 2 is 1.70 bits per heavy atom. The largest absolute Gasteiger partial charge is 0.486 e. The average molecular weight is 375 g/mol. The predicted molar refractivity (Wildman–Crippen MR) is 90.2 cm³/mol. The summed E-state index contributed by atoms with van der Waals surface area (Å²) in [6.07, 6.45) is 1.000. The molecule has 1 fully saturated rings. The van der Waals surface area contributed by atoms with E-state index in [1.165, 1.54) is 4.90 Å². The van der Waals surface area contributed by atoms with Gasteiger partial charge < -0.3 is 9.64 Å². The van der Waals surface area contributed by atoms with Crippen LogP contribution in [-0.4, -0.2) is 35.3 Å². The molecule has 0 bridgehead atoms. The van der Waals surface area contributed by atoms with Gasteiger partial charge in [-0.15, -0.1) is 0 Å². The van der Waals surface area contributed by atoms with Gasteiger partial charge in [-0.2, -0.15) is 0 Å². The number of hydrogen-bond donors (Lipinski definition) is 0. The van der Waals surface area contributed by atoms with Crippen molar-refractivity contribution in [1.82, 2.24) is 4.90 Å². The van der Waals surface area contributed by atoms with Gasteiger partial charge in [0.25, 0.3) is 5.91 Å². The van der Waals surface area contributed by atoms with Gasteiger partial charge >= 0.3 is 0 Å². The molecule has 2 aliphatic heterocycles. The number of hydrogen-bond acceptors (Lipinski definition) is 3. The number of amides is 1. The first-order chi connectivity index (χ1) is 12.9. The summed E-state index contributed by atoms with van der Waals surface area (Å²) in [7, 11) is 0. The Morgan fingerprint density at radius 1 is 1.00 bits per heavy atom. The topological polar surface area (TPSA) is 46.6 Å². The predicted octanol–water partition coefficient (Wildman–Crippen LogP) is 3.74. The molecule has 2 aliphatic rings. The summed E-state index contributed by atoms with van der Waals surface area (Å²) < 4.78 is 46.5. The lowest BCUT2D eigenvalue weighted by molar-refractivity contribution is -0.00582. The monoisotopic (exact) mass is 375 g/mol. The van der Waals surface area contributed by atoms with Crippen LogP contribution in [0.1, 0.15) is 40.0 Å². The van der Waals surface area contributed by atoms with Crippen molar-refractivity contribution >= 4 is 11.7 Å². The first-order valence-electron chi connectivity index (χ1n) is 8.64. The van der Waals surface area contributed by atoms with Crippen LogP contribution in [0.5, 0.6) is 5.75 Å². The first kappa shape index (κ1) is 17.6. The molecule has 0 aliphatic carbocycles. The smallest absolute Gasteiger partial charge is 0.256 e. The van der Waals surface area contributed by atoms with Crippen LogP contribution in [0.3, 0.4) is 0 Å². The van der Waals surface area contributed by atoms with Crippen LogP contribution in [0.2, 0.25) is 0 Å². The fourth-order valence-electron chi connectivity index (χ4n) is 3.70. The SMILES string of the molecule is O=C1CC2(CCN(C(=O)c3ccc(F)c(F)c3F)CC2)Oc2ccccc21. The highest BCUT2D eigenvalue weighted by atomic mass is 19.2. The van der Waals surface area contributed by atoms with E-state index >= 15 is 0 Å². The molecule has 2 aromatic rings. The van der Waals surface area contributed by atoms with Crippen molar-refractivity contribution in [3.63, 3.8) is 0 Å². The van der Waals surface area contributed by atoms with E-state index in [1.807, 2.05) is 0 Å². The number of para-hydroxylation sites is 1. The normalized spacial score (nSPS) is 18.2. The van der Waals surface area contributed by atoms with Gasteiger partial charge in [-0.25, -0.2) is 13.2 Å². The molecule has 0 unspecified atom stereocenters. The second-order valence-electron chi connectivity index (χ2n) is 6.90. The molecule has 4 nitrogen and oxygen atoms in total. The maximum Gasteiger partial charge on any atom is 0.256 e. The van der Waals surface area contributed by atoms with Crippen molar-refractivity contribution in [1.29, 1.82) is 0 Å². The highest BCUT2D eigenvalue weighted by Crippen LogP contribution is 2.39. The van der Waals surface area contributed by atoms with Gasteiger partial charge in [0.2, 0.25) is 0 Å². The second kappa shape index (κ2) is 6.40. The van der Waals surface area contributed by atoms with Crippen molar-refractivity contribution in [3.8, 4) is 5.75 Å². The quantitative estimate of drug-likeness (QED) is 0.714. The van der Waals surface area contributed by atoms with Crippen molar-refractivity contribution in [3.05, 3.63) is 65.0 Å². The van der Waals surface area contributed by atoms with E-state index < -0.39 is 34.5 Å². The Kier molecular flexibility index (Phi) is 4.17. The fraction of sp³-hybridized carbons (Fsp3) is 0.300. The number of Topliss-reactive ketones (excluding diaryl/α,β-unsaturated/α-hetero) is 1. The summed E-state index contributed by atoms with van der Waals surface area (Å²) in [5, 5.41) is 0. The lowest BCUT2D eigenvalue weighted by Gasteiger charge is -2.44. The van der Waals surface area contributed by atoms with E-state index in [-0.39, 0.29) is 25.3 Å². The van der Waals surface area contributed by atoms with E-state index in [2.05, 4.69) is 0 Å². The minimum absolute atomic E-state index is 0.0109. The van der Waals surface area contributed by atoms with E-state index in [0.29, 0.717) is 24.2 Å². The standard InChI is InChI=1S/C20H16F3NO3/c21-14-6-5-13(17(22)18(14)23)19(26)24-9-7-20(8-10-24)11-15(25)12-3-1-2-4-16(12)27-20/h1-6H,7-11H2. The van der Waals surface area contributed by atoms with Gasteiger partial charge in [0.05, 0.1) is 17.5 Å². The van der Waals surface area contributed by atoms with Crippen LogP contribution in [0.4, 0.5) is 13.2 Å². The third kappa shape index (κ3) is 2.97. The van der Waals surface area contributed by atoms with Crippen molar-refractivity contribution < 1.29 is 27.5 Å². The lowest BCUT2D eigenvalue weighted by atomic mass is 9.82. The van der Waals surface area contributed by atoms with Gasteiger partial charge in [0, 0.05) is 25.9 Å². The highest BCUT2D eigenvalue weighted by Gasteiger charge is 2.43. The number of carbonyl (C=O) groups is 2. The maximum atomic E-state index is 13.9. The number of piperidine rings is 1. The number of fused-ring (bicyclic) bond motifs is 1. The zero-order valence-electron chi connectivity index (χ0n) is 14.3. The molecule has 0 N–H and O–H groups in total. The molecule has 1 amide bonds. The number of halogens is 3. The maximum absolute atomic E-state index is 13.9. The number of ketones is 1. The van der Waals surface area contributed by atoms with Crippen LogP contribution in [0.25, 0.3) is 0 Å².